The van der Waals surface area contributed by atoms with Crippen LogP contribution in [0.25, 0.3) is 0 Å². The van der Waals surface area contributed by atoms with Crippen molar-refractivity contribution < 1.29 is 23.7 Å². The predicted molar refractivity (Wildman–Crippen MR) is 77.2 cm³/mol. The lowest BCUT2D eigenvalue weighted by Crippen LogP contribution is -2.35. The summed E-state index contributed by atoms with van der Waals surface area (Å²) >= 11 is 0. The normalized spacial score (nSPS) is 38.8. The van der Waals surface area contributed by atoms with Gasteiger partial charge in [-0.25, -0.2) is 0 Å². The standard InChI is InChI=1S/C17H20O5/c1-2-10-4-13(15-8-19-15)22-14(16-9-20-16)5-11(3-1)17(10)21-7-12-6-18-12/h1-3,12-16H,4-9H2. The first kappa shape index (κ1) is 13.3. The van der Waals surface area contributed by atoms with Gasteiger partial charge in [0.1, 0.15) is 30.7 Å². The summed E-state index contributed by atoms with van der Waals surface area (Å²) in [4.78, 5) is 0. The number of fused-ring (bicyclic) bond motifs is 2. The predicted octanol–water partition coefficient (Wildman–Crippen LogP) is 1.11. The molecule has 4 aliphatic rings. The average molecular weight is 304 g/mol. The van der Waals surface area contributed by atoms with E-state index in [0.717, 1.165) is 38.4 Å². The number of para-hydroxylation sites is 1. The Kier molecular flexibility index (Phi) is 3.15. The molecule has 0 radical (unpaired) electrons. The van der Waals surface area contributed by atoms with Crippen molar-refractivity contribution in [2.75, 3.05) is 26.4 Å². The van der Waals surface area contributed by atoms with Gasteiger partial charge >= 0.3 is 0 Å². The van der Waals surface area contributed by atoms with E-state index >= 15 is 0 Å². The van der Waals surface area contributed by atoms with Crippen molar-refractivity contribution >= 4 is 0 Å². The van der Waals surface area contributed by atoms with Crippen LogP contribution >= 0.6 is 0 Å². The van der Waals surface area contributed by atoms with E-state index in [9.17, 15) is 0 Å². The molecule has 0 spiro atoms. The van der Waals surface area contributed by atoms with E-state index in [1.165, 1.54) is 11.1 Å². The maximum Gasteiger partial charge on any atom is 0.126 e. The van der Waals surface area contributed by atoms with Crippen LogP contribution in [0, 0.1) is 0 Å². The van der Waals surface area contributed by atoms with Crippen LogP contribution in [-0.2, 0) is 31.8 Å². The monoisotopic (exact) mass is 304 g/mol. The van der Waals surface area contributed by atoms with Gasteiger partial charge in [-0.1, -0.05) is 18.2 Å². The van der Waals surface area contributed by atoms with E-state index in [1.807, 2.05) is 0 Å². The minimum atomic E-state index is 0.101. The first-order valence-corrected chi connectivity index (χ1v) is 8.10. The summed E-state index contributed by atoms with van der Waals surface area (Å²) in [5.41, 5.74) is 2.43. The first-order chi connectivity index (χ1) is 10.9. The smallest absolute Gasteiger partial charge is 0.126 e. The Labute approximate surface area is 129 Å². The fourth-order valence-corrected chi connectivity index (χ4v) is 3.22. The highest BCUT2D eigenvalue weighted by molar-refractivity contribution is 5.43. The summed E-state index contributed by atoms with van der Waals surface area (Å²) < 4.78 is 28.7. The Morgan fingerprint density at radius 1 is 0.864 bits per heavy atom. The second kappa shape index (κ2) is 5.20. The molecular formula is C17H20O5. The third-order valence-electron chi connectivity index (χ3n) is 4.73. The van der Waals surface area contributed by atoms with Crippen molar-refractivity contribution in [2.24, 2.45) is 0 Å². The zero-order chi connectivity index (χ0) is 14.5. The van der Waals surface area contributed by atoms with Crippen LogP contribution in [0.1, 0.15) is 11.1 Å². The number of ether oxygens (including phenoxy) is 5. The Hall–Kier alpha value is -1.14. The van der Waals surface area contributed by atoms with Gasteiger partial charge in [0.05, 0.1) is 32.0 Å². The van der Waals surface area contributed by atoms with Gasteiger partial charge in [-0.3, -0.25) is 0 Å². The molecule has 1 aromatic rings. The third-order valence-corrected chi connectivity index (χ3v) is 4.73. The molecule has 0 aliphatic carbocycles. The molecule has 118 valence electrons. The topological polar surface area (TPSA) is 56.0 Å². The van der Waals surface area contributed by atoms with Crippen LogP contribution in [0.15, 0.2) is 18.2 Å². The molecule has 0 saturated carbocycles. The molecule has 3 saturated heterocycles. The molecule has 0 N–H and O–H groups in total. The highest BCUT2D eigenvalue weighted by Gasteiger charge is 2.42. The second-order valence-corrected chi connectivity index (χ2v) is 6.54. The zero-order valence-electron chi connectivity index (χ0n) is 12.4. The molecular weight excluding hydrogens is 284 g/mol. The van der Waals surface area contributed by atoms with Crippen molar-refractivity contribution in [1.82, 2.24) is 0 Å². The summed E-state index contributed by atoms with van der Waals surface area (Å²) in [6, 6.07) is 6.39. The van der Waals surface area contributed by atoms with Crippen LogP contribution in [-0.4, -0.2) is 56.9 Å². The molecule has 5 unspecified atom stereocenters. The average Bonchev–Trinajstić information content (AvgIpc) is 3.40. The second-order valence-electron chi connectivity index (χ2n) is 6.54. The van der Waals surface area contributed by atoms with E-state index < -0.39 is 0 Å². The van der Waals surface area contributed by atoms with E-state index in [1.54, 1.807) is 0 Å². The lowest BCUT2D eigenvalue weighted by atomic mass is 9.95. The molecule has 5 heteroatoms. The largest absolute Gasteiger partial charge is 0.490 e. The van der Waals surface area contributed by atoms with Crippen molar-refractivity contribution in [3.05, 3.63) is 29.3 Å². The minimum absolute atomic E-state index is 0.101. The van der Waals surface area contributed by atoms with Gasteiger partial charge in [-0.15, -0.1) is 0 Å². The Morgan fingerprint density at radius 2 is 1.45 bits per heavy atom. The van der Waals surface area contributed by atoms with Gasteiger partial charge in [-0.05, 0) is 11.1 Å². The van der Waals surface area contributed by atoms with Crippen molar-refractivity contribution in [1.29, 1.82) is 0 Å². The van der Waals surface area contributed by atoms with Crippen LogP contribution < -0.4 is 4.74 Å². The van der Waals surface area contributed by atoms with Crippen LogP contribution in [0.3, 0.4) is 0 Å². The van der Waals surface area contributed by atoms with Gasteiger partial charge in [-0.2, -0.15) is 0 Å². The number of epoxide rings is 3. The molecule has 5 nitrogen and oxygen atoms in total. The summed E-state index contributed by atoms with van der Waals surface area (Å²) in [5, 5.41) is 0. The highest BCUT2D eigenvalue weighted by Crippen LogP contribution is 2.36. The van der Waals surface area contributed by atoms with Gasteiger partial charge in [0.15, 0.2) is 0 Å². The maximum absolute atomic E-state index is 6.32. The minimum Gasteiger partial charge on any atom is -0.490 e. The lowest BCUT2D eigenvalue weighted by Gasteiger charge is -2.28. The van der Waals surface area contributed by atoms with Crippen LogP contribution in [0.5, 0.6) is 5.75 Å². The van der Waals surface area contributed by atoms with Crippen LogP contribution in [0.2, 0.25) is 0 Å². The highest BCUT2D eigenvalue weighted by atomic mass is 16.6. The molecule has 5 rings (SSSR count). The van der Waals surface area contributed by atoms with Crippen molar-refractivity contribution in [3.63, 3.8) is 0 Å². The van der Waals surface area contributed by atoms with E-state index in [-0.39, 0.29) is 30.5 Å². The van der Waals surface area contributed by atoms with Gasteiger partial charge in [0.25, 0.3) is 0 Å². The maximum atomic E-state index is 6.32. The summed E-state index contributed by atoms with van der Waals surface area (Å²) in [6.07, 6.45) is 2.59. The Morgan fingerprint density at radius 3 is 1.95 bits per heavy atom. The molecule has 22 heavy (non-hydrogen) atoms. The lowest BCUT2D eigenvalue weighted by molar-refractivity contribution is -0.0391. The van der Waals surface area contributed by atoms with Gasteiger partial charge in [0.2, 0.25) is 0 Å². The summed E-state index contributed by atoms with van der Waals surface area (Å²) in [5.74, 6) is 1.03. The summed E-state index contributed by atoms with van der Waals surface area (Å²) in [6.45, 7) is 3.06. The van der Waals surface area contributed by atoms with Gasteiger partial charge in [0, 0.05) is 12.8 Å². The van der Waals surface area contributed by atoms with E-state index in [2.05, 4.69) is 18.2 Å². The number of hydrogen-bond donors (Lipinski definition) is 0. The molecule has 0 amide bonds. The molecule has 4 heterocycles. The molecule has 1 aromatic carbocycles. The van der Waals surface area contributed by atoms with E-state index in [0.29, 0.717) is 6.61 Å². The van der Waals surface area contributed by atoms with Gasteiger partial charge < -0.3 is 23.7 Å². The molecule has 3 fully saturated rings. The fraction of sp³-hybridized carbons (Fsp3) is 0.647. The molecule has 2 bridgehead atoms. The molecule has 5 atom stereocenters. The Balaban J connectivity index is 1.45. The third kappa shape index (κ3) is 2.74. The fourth-order valence-electron chi connectivity index (χ4n) is 3.22. The molecule has 4 aliphatic heterocycles. The first-order valence-electron chi connectivity index (χ1n) is 8.10. The SMILES string of the molecule is c1cc2c(OCC3CO3)c(c1)CC(C1CO1)OC(C1CO1)C2. The van der Waals surface area contributed by atoms with Crippen LogP contribution in [0.4, 0.5) is 0 Å². The summed E-state index contributed by atoms with van der Waals surface area (Å²) in [7, 11) is 0. The number of rotatable bonds is 5. The Bertz CT molecular complexity index is 524. The quantitative estimate of drug-likeness (QED) is 0.763. The van der Waals surface area contributed by atoms with Crippen molar-refractivity contribution in [3.8, 4) is 5.75 Å². The number of benzene rings is 1. The van der Waals surface area contributed by atoms with Crippen molar-refractivity contribution in [2.45, 2.75) is 43.4 Å². The molecule has 0 aromatic heterocycles. The number of hydrogen-bond acceptors (Lipinski definition) is 5. The van der Waals surface area contributed by atoms with E-state index in [4.69, 9.17) is 23.7 Å². The zero-order valence-corrected chi connectivity index (χ0v) is 12.4.